The first-order chi connectivity index (χ1) is 13.5. The highest BCUT2D eigenvalue weighted by Crippen LogP contribution is 2.20. The number of nitrogens with zero attached hydrogens (tertiary/aromatic N) is 5. The molecule has 0 amide bonds. The van der Waals surface area contributed by atoms with Gasteiger partial charge in [-0.25, -0.2) is 9.97 Å². The number of aromatic nitrogens is 2. The summed E-state index contributed by atoms with van der Waals surface area (Å²) in [5.74, 6) is 1.27. The van der Waals surface area contributed by atoms with Crippen LogP contribution < -0.4 is 10.2 Å². The second kappa shape index (κ2) is 8.49. The minimum absolute atomic E-state index is 0.0303. The SMILES string of the molecule is O=[N+]([O-])c1ccc(N/N=C/C2C=CC(Oc3ccc([N+](=O)[O-])cn3)=CC2)nc1. The number of hydrazone groups is 1. The molecule has 0 saturated heterocycles. The summed E-state index contributed by atoms with van der Waals surface area (Å²) in [6.07, 6.45) is 10.1. The molecule has 0 bridgehead atoms. The van der Waals surface area contributed by atoms with Crippen molar-refractivity contribution >= 4 is 23.4 Å². The first kappa shape index (κ1) is 18.6. The first-order valence-electron chi connectivity index (χ1n) is 8.07. The molecule has 1 N–H and O–H groups in total. The Morgan fingerprint density at radius 3 is 2.36 bits per heavy atom. The van der Waals surface area contributed by atoms with Crippen molar-refractivity contribution in [2.75, 3.05) is 5.43 Å². The average Bonchev–Trinajstić information content (AvgIpc) is 2.70. The number of ether oxygens (including phenoxy) is 1. The van der Waals surface area contributed by atoms with Gasteiger partial charge in [-0.15, -0.1) is 0 Å². The van der Waals surface area contributed by atoms with Crippen molar-refractivity contribution in [2.45, 2.75) is 6.42 Å². The summed E-state index contributed by atoms with van der Waals surface area (Å²) < 4.78 is 5.56. The van der Waals surface area contributed by atoms with Gasteiger partial charge in [0.15, 0.2) is 0 Å². The van der Waals surface area contributed by atoms with E-state index in [0.717, 1.165) is 12.4 Å². The standard InChI is InChI=1S/C17H14N6O5/c24-22(25)13-3-7-16(18-10-13)21-20-9-12-1-5-15(6-2-12)28-17-8-4-14(11-19-17)23(26)27/h1,3-12H,2H2,(H,18,21)/b20-9+. The summed E-state index contributed by atoms with van der Waals surface area (Å²) >= 11 is 0. The molecule has 0 radical (unpaired) electrons. The second-order valence-corrected chi connectivity index (χ2v) is 5.63. The van der Waals surface area contributed by atoms with Crippen molar-refractivity contribution in [3.05, 3.63) is 80.9 Å². The Labute approximate surface area is 158 Å². The Hall–Kier alpha value is -4.15. The highest BCUT2D eigenvalue weighted by Gasteiger charge is 2.10. The molecular formula is C17H14N6O5. The van der Waals surface area contributed by atoms with Crippen molar-refractivity contribution < 1.29 is 14.6 Å². The predicted molar refractivity (Wildman–Crippen MR) is 99.9 cm³/mol. The molecule has 0 spiro atoms. The van der Waals surface area contributed by atoms with E-state index < -0.39 is 9.85 Å². The van der Waals surface area contributed by atoms with E-state index in [1.165, 1.54) is 24.3 Å². The Morgan fingerprint density at radius 1 is 1.11 bits per heavy atom. The molecule has 11 nitrogen and oxygen atoms in total. The van der Waals surface area contributed by atoms with E-state index in [1.807, 2.05) is 12.2 Å². The van der Waals surface area contributed by atoms with Crippen molar-refractivity contribution in [1.82, 2.24) is 9.97 Å². The van der Waals surface area contributed by atoms with E-state index in [1.54, 1.807) is 12.3 Å². The molecular weight excluding hydrogens is 368 g/mol. The van der Waals surface area contributed by atoms with Crippen LogP contribution in [0.2, 0.25) is 0 Å². The molecule has 3 rings (SSSR count). The Kier molecular flexibility index (Phi) is 5.65. The lowest BCUT2D eigenvalue weighted by Gasteiger charge is -2.12. The van der Waals surface area contributed by atoms with Gasteiger partial charge in [-0.3, -0.25) is 25.7 Å². The zero-order chi connectivity index (χ0) is 19.9. The maximum atomic E-state index is 10.6. The molecule has 0 aromatic carbocycles. The molecule has 1 aliphatic rings. The summed E-state index contributed by atoms with van der Waals surface area (Å²) in [7, 11) is 0. The number of allylic oxidation sites excluding steroid dienone is 3. The van der Waals surface area contributed by atoms with Gasteiger partial charge in [-0.1, -0.05) is 6.08 Å². The van der Waals surface area contributed by atoms with Crippen LogP contribution in [0, 0.1) is 26.1 Å². The Balaban J connectivity index is 1.49. The topological polar surface area (TPSA) is 146 Å². The number of hydrogen-bond donors (Lipinski definition) is 1. The van der Waals surface area contributed by atoms with Gasteiger partial charge in [0.05, 0.1) is 9.85 Å². The quantitative estimate of drug-likeness (QED) is 0.436. The minimum atomic E-state index is -0.527. The lowest BCUT2D eigenvalue weighted by Crippen LogP contribution is -2.06. The lowest BCUT2D eigenvalue weighted by atomic mass is 10.0. The van der Waals surface area contributed by atoms with Crippen molar-refractivity contribution in [1.29, 1.82) is 0 Å². The highest BCUT2D eigenvalue weighted by molar-refractivity contribution is 5.65. The van der Waals surface area contributed by atoms with Gasteiger partial charge in [0.2, 0.25) is 5.88 Å². The molecule has 2 aromatic heterocycles. The summed E-state index contributed by atoms with van der Waals surface area (Å²) in [5, 5.41) is 25.3. The van der Waals surface area contributed by atoms with Crippen molar-refractivity contribution in [3.8, 4) is 5.88 Å². The molecule has 1 unspecified atom stereocenters. The van der Waals surface area contributed by atoms with Crippen LogP contribution in [-0.2, 0) is 0 Å². The normalized spacial score (nSPS) is 15.9. The van der Waals surface area contributed by atoms with Crippen LogP contribution in [0.15, 0.2) is 65.7 Å². The predicted octanol–water partition coefficient (Wildman–Crippen LogP) is 3.23. The Morgan fingerprint density at radius 2 is 1.82 bits per heavy atom. The third-order valence-corrected chi connectivity index (χ3v) is 3.66. The lowest BCUT2D eigenvalue weighted by molar-refractivity contribution is -0.385. The van der Waals surface area contributed by atoms with Gasteiger partial charge < -0.3 is 4.74 Å². The van der Waals surface area contributed by atoms with Crippen molar-refractivity contribution in [3.63, 3.8) is 0 Å². The minimum Gasteiger partial charge on any atom is -0.439 e. The molecule has 142 valence electrons. The van der Waals surface area contributed by atoms with Gasteiger partial charge >= 0.3 is 0 Å². The van der Waals surface area contributed by atoms with Crippen LogP contribution in [0.3, 0.4) is 0 Å². The fourth-order valence-electron chi connectivity index (χ4n) is 2.22. The molecule has 0 aliphatic heterocycles. The number of pyridine rings is 2. The van der Waals surface area contributed by atoms with E-state index >= 15 is 0 Å². The maximum Gasteiger partial charge on any atom is 0.287 e. The monoisotopic (exact) mass is 382 g/mol. The van der Waals surface area contributed by atoms with Crippen LogP contribution in [0.1, 0.15) is 6.42 Å². The van der Waals surface area contributed by atoms with E-state index in [9.17, 15) is 20.2 Å². The molecule has 2 aromatic rings. The fraction of sp³-hybridized carbons (Fsp3) is 0.118. The molecule has 1 aliphatic carbocycles. The van der Waals surface area contributed by atoms with Crippen LogP contribution >= 0.6 is 0 Å². The smallest absolute Gasteiger partial charge is 0.287 e. The second-order valence-electron chi connectivity index (χ2n) is 5.63. The molecule has 28 heavy (non-hydrogen) atoms. The summed E-state index contributed by atoms with van der Waals surface area (Å²) in [6, 6.07) is 5.56. The van der Waals surface area contributed by atoms with Crippen molar-refractivity contribution in [2.24, 2.45) is 11.0 Å². The van der Waals surface area contributed by atoms with Gasteiger partial charge in [0.25, 0.3) is 11.4 Å². The Bertz CT molecular complexity index is 953. The average molecular weight is 382 g/mol. The van der Waals surface area contributed by atoms with E-state index in [-0.39, 0.29) is 23.2 Å². The number of anilines is 1. The van der Waals surface area contributed by atoms with E-state index in [0.29, 0.717) is 18.0 Å². The van der Waals surface area contributed by atoms with Gasteiger partial charge in [0.1, 0.15) is 24.0 Å². The summed E-state index contributed by atoms with van der Waals surface area (Å²) in [5.41, 5.74) is 2.51. The maximum absolute atomic E-state index is 10.6. The highest BCUT2D eigenvalue weighted by atomic mass is 16.6. The van der Waals surface area contributed by atoms with Crippen LogP contribution in [0.4, 0.5) is 17.2 Å². The largest absolute Gasteiger partial charge is 0.439 e. The zero-order valence-electron chi connectivity index (χ0n) is 14.3. The molecule has 0 saturated carbocycles. The van der Waals surface area contributed by atoms with Gasteiger partial charge in [0, 0.05) is 30.3 Å². The fourth-order valence-corrected chi connectivity index (χ4v) is 2.22. The third kappa shape index (κ3) is 4.94. The molecule has 11 heteroatoms. The summed E-state index contributed by atoms with van der Waals surface area (Å²) in [4.78, 5) is 27.9. The number of rotatable bonds is 7. The summed E-state index contributed by atoms with van der Waals surface area (Å²) in [6.45, 7) is 0. The van der Waals surface area contributed by atoms with Gasteiger partial charge in [-0.05, 0) is 24.6 Å². The molecule has 1 atom stereocenters. The van der Waals surface area contributed by atoms with Crippen LogP contribution in [0.25, 0.3) is 0 Å². The van der Waals surface area contributed by atoms with E-state index in [2.05, 4.69) is 20.5 Å². The molecule has 2 heterocycles. The first-order valence-corrected chi connectivity index (χ1v) is 8.07. The zero-order valence-corrected chi connectivity index (χ0v) is 14.3. The van der Waals surface area contributed by atoms with Crippen LogP contribution in [0.5, 0.6) is 5.88 Å². The number of hydrogen-bond acceptors (Lipinski definition) is 9. The van der Waals surface area contributed by atoms with Gasteiger partial charge in [-0.2, -0.15) is 5.10 Å². The van der Waals surface area contributed by atoms with Crippen LogP contribution in [-0.4, -0.2) is 26.0 Å². The molecule has 0 fully saturated rings. The number of nitrogens with one attached hydrogen (secondary N) is 1. The number of nitro groups is 2. The third-order valence-electron chi connectivity index (χ3n) is 3.66. The van der Waals surface area contributed by atoms with E-state index in [4.69, 9.17) is 4.74 Å².